The molecule has 0 aliphatic heterocycles. The average Bonchev–Trinajstić information content (AvgIpc) is 2.63. The minimum Gasteiger partial charge on any atom is -0.444 e. The van der Waals surface area contributed by atoms with Crippen molar-refractivity contribution in [3.63, 3.8) is 0 Å². The smallest absolute Gasteiger partial charge is 0.407 e. The number of carbonyl (C=O) groups is 2. The van der Waals surface area contributed by atoms with E-state index in [1.807, 2.05) is 0 Å². The maximum atomic E-state index is 13.5. The van der Waals surface area contributed by atoms with Gasteiger partial charge in [0.1, 0.15) is 5.60 Å². The zero-order chi connectivity index (χ0) is 22.0. The zero-order valence-corrected chi connectivity index (χ0v) is 16.8. The fourth-order valence-electron chi connectivity index (χ4n) is 2.00. The first-order valence-electron chi connectivity index (χ1n) is 8.88. The Bertz CT molecular complexity index is 751. The quantitative estimate of drug-likeness (QED) is 0.236. The normalized spacial score (nSPS) is 11.6. The molecule has 8 nitrogen and oxygen atoms in total. The van der Waals surface area contributed by atoms with Crippen LogP contribution in [-0.4, -0.2) is 50.2 Å². The van der Waals surface area contributed by atoms with Crippen LogP contribution in [0.5, 0.6) is 0 Å². The van der Waals surface area contributed by atoms with Crippen molar-refractivity contribution in [2.75, 3.05) is 32.0 Å². The van der Waals surface area contributed by atoms with Gasteiger partial charge in [-0.2, -0.15) is 0 Å². The maximum absolute atomic E-state index is 13.5. The molecule has 0 aromatic heterocycles. The molecule has 0 atom stereocenters. The fourth-order valence-corrected chi connectivity index (χ4v) is 2.00. The third kappa shape index (κ3) is 9.17. The van der Waals surface area contributed by atoms with Gasteiger partial charge in [0, 0.05) is 20.1 Å². The number of ether oxygens (including phenoxy) is 1. The predicted molar refractivity (Wildman–Crippen MR) is 103 cm³/mol. The first kappa shape index (κ1) is 24.1. The molecule has 0 radical (unpaired) electrons. The van der Waals surface area contributed by atoms with E-state index in [9.17, 15) is 22.8 Å². The van der Waals surface area contributed by atoms with Crippen LogP contribution in [0.2, 0.25) is 0 Å². The molecule has 0 spiro atoms. The third-order valence-electron chi connectivity index (χ3n) is 3.26. The number of benzene rings is 1. The molecule has 1 rings (SSSR count). The Balaban J connectivity index is 2.31. The fraction of sp³-hybridized carbons (Fsp3) is 0.500. The Morgan fingerprint density at radius 2 is 1.69 bits per heavy atom. The van der Waals surface area contributed by atoms with Crippen LogP contribution >= 0.6 is 0 Å². The molecule has 0 saturated heterocycles. The number of anilines is 1. The average molecular weight is 417 g/mol. The molecule has 0 aliphatic carbocycles. The topological polar surface area (TPSA) is 104 Å². The molecular formula is C18H26F3N5O3. The molecule has 0 bridgehead atoms. The monoisotopic (exact) mass is 417 g/mol. The van der Waals surface area contributed by atoms with E-state index in [4.69, 9.17) is 4.74 Å². The molecule has 4 N–H and O–H groups in total. The van der Waals surface area contributed by atoms with Gasteiger partial charge in [0.15, 0.2) is 23.4 Å². The largest absolute Gasteiger partial charge is 0.444 e. The van der Waals surface area contributed by atoms with Crippen LogP contribution in [0, 0.1) is 17.5 Å². The third-order valence-corrected chi connectivity index (χ3v) is 3.26. The van der Waals surface area contributed by atoms with Crippen LogP contribution in [0.25, 0.3) is 0 Å². The van der Waals surface area contributed by atoms with Gasteiger partial charge < -0.3 is 26.0 Å². The number of carbonyl (C=O) groups excluding carboxylic acids is 2. The highest BCUT2D eigenvalue weighted by Gasteiger charge is 2.16. The summed E-state index contributed by atoms with van der Waals surface area (Å²) in [7, 11) is 1.49. The van der Waals surface area contributed by atoms with Crippen molar-refractivity contribution in [3.8, 4) is 0 Å². The minimum atomic E-state index is -1.66. The lowest BCUT2D eigenvalue weighted by atomic mass is 10.2. The van der Waals surface area contributed by atoms with E-state index in [2.05, 4.69) is 26.3 Å². The van der Waals surface area contributed by atoms with Gasteiger partial charge in [0.05, 0.1) is 12.2 Å². The van der Waals surface area contributed by atoms with Crippen LogP contribution < -0.4 is 21.3 Å². The highest BCUT2D eigenvalue weighted by atomic mass is 19.2. The van der Waals surface area contributed by atoms with Crippen molar-refractivity contribution in [2.45, 2.75) is 32.8 Å². The molecule has 1 aromatic rings. The van der Waals surface area contributed by atoms with Crippen molar-refractivity contribution in [3.05, 3.63) is 29.6 Å². The van der Waals surface area contributed by atoms with Crippen molar-refractivity contribution in [2.24, 2.45) is 4.99 Å². The summed E-state index contributed by atoms with van der Waals surface area (Å²) in [5.41, 5.74) is -1.04. The van der Waals surface area contributed by atoms with Gasteiger partial charge in [-0.1, -0.05) is 0 Å². The lowest BCUT2D eigenvalue weighted by Gasteiger charge is -2.19. The predicted octanol–water partition coefficient (Wildman–Crippen LogP) is 2.12. The van der Waals surface area contributed by atoms with Crippen LogP contribution in [-0.2, 0) is 9.53 Å². The zero-order valence-electron chi connectivity index (χ0n) is 16.8. The minimum absolute atomic E-state index is 0.283. The van der Waals surface area contributed by atoms with Gasteiger partial charge in [-0.15, -0.1) is 0 Å². The molecule has 0 unspecified atom stereocenters. The van der Waals surface area contributed by atoms with Gasteiger partial charge in [0.25, 0.3) is 0 Å². The van der Waals surface area contributed by atoms with Gasteiger partial charge >= 0.3 is 6.09 Å². The van der Waals surface area contributed by atoms with Crippen LogP contribution in [0.1, 0.15) is 27.2 Å². The Hall–Kier alpha value is -2.98. The summed E-state index contributed by atoms with van der Waals surface area (Å²) in [5.74, 6) is -4.86. The molecular weight excluding hydrogens is 391 g/mol. The maximum Gasteiger partial charge on any atom is 0.407 e. The molecule has 0 saturated carbocycles. The second kappa shape index (κ2) is 11.1. The van der Waals surface area contributed by atoms with Gasteiger partial charge in [-0.25, -0.2) is 18.0 Å². The first-order chi connectivity index (χ1) is 13.5. The number of hydrogen-bond acceptors (Lipinski definition) is 4. The number of aliphatic imine (C=N–C) groups is 1. The van der Waals surface area contributed by atoms with E-state index in [0.717, 1.165) is 6.07 Å². The molecule has 29 heavy (non-hydrogen) atoms. The summed E-state index contributed by atoms with van der Waals surface area (Å²) in [4.78, 5) is 27.3. The second-order valence-corrected chi connectivity index (χ2v) is 6.91. The summed E-state index contributed by atoms with van der Waals surface area (Å²) in [6.07, 6.45) is 0.0489. The van der Waals surface area contributed by atoms with E-state index in [-0.39, 0.29) is 6.54 Å². The number of halogens is 3. The molecule has 1 aromatic carbocycles. The second-order valence-electron chi connectivity index (χ2n) is 6.91. The highest BCUT2D eigenvalue weighted by Crippen LogP contribution is 2.19. The standard InChI is InChI=1S/C18H26F3N5O3/c1-18(2,3)29-17(28)24-9-5-8-23-16(22-4)25-10-13(27)26-12-7-6-11(19)14(20)15(12)21/h6-7H,5,8-10H2,1-4H3,(H,24,28)(H,26,27)(H2,22,23,25). The van der Waals surface area contributed by atoms with Gasteiger partial charge in [-0.3, -0.25) is 9.79 Å². The number of nitrogens with zero attached hydrogens (tertiary/aromatic N) is 1. The summed E-state index contributed by atoms with van der Waals surface area (Å²) >= 11 is 0. The summed E-state index contributed by atoms with van der Waals surface area (Å²) in [6.45, 7) is 5.82. The van der Waals surface area contributed by atoms with Gasteiger partial charge in [-0.05, 0) is 39.3 Å². The Morgan fingerprint density at radius 3 is 2.31 bits per heavy atom. The molecule has 11 heteroatoms. The van der Waals surface area contributed by atoms with Crippen LogP contribution in [0.4, 0.5) is 23.7 Å². The summed E-state index contributed by atoms with van der Waals surface area (Å²) < 4.78 is 44.7. The van der Waals surface area contributed by atoms with E-state index in [1.165, 1.54) is 7.05 Å². The molecule has 2 amide bonds. The summed E-state index contributed by atoms with van der Waals surface area (Å²) in [6, 6.07) is 1.64. The molecule has 0 fully saturated rings. The number of hydrogen-bond donors (Lipinski definition) is 4. The number of nitrogens with one attached hydrogen (secondary N) is 4. The molecule has 162 valence electrons. The number of amides is 2. The van der Waals surface area contributed by atoms with Crippen molar-refractivity contribution >= 4 is 23.6 Å². The van der Waals surface area contributed by atoms with Crippen molar-refractivity contribution in [1.82, 2.24) is 16.0 Å². The number of guanidine groups is 1. The summed E-state index contributed by atoms with van der Waals surface area (Å²) in [5, 5.41) is 10.4. The Labute approximate surface area is 167 Å². The first-order valence-corrected chi connectivity index (χ1v) is 8.88. The van der Waals surface area contributed by atoms with Crippen molar-refractivity contribution < 1.29 is 27.5 Å². The van der Waals surface area contributed by atoms with E-state index < -0.39 is 40.7 Å². The van der Waals surface area contributed by atoms with E-state index in [0.29, 0.717) is 31.5 Å². The van der Waals surface area contributed by atoms with Crippen LogP contribution in [0.3, 0.4) is 0 Å². The SMILES string of the molecule is CN=C(NCCCNC(=O)OC(C)(C)C)NCC(=O)Nc1ccc(F)c(F)c1F. The van der Waals surface area contributed by atoms with E-state index >= 15 is 0 Å². The van der Waals surface area contributed by atoms with E-state index in [1.54, 1.807) is 20.8 Å². The highest BCUT2D eigenvalue weighted by molar-refractivity contribution is 5.95. The van der Waals surface area contributed by atoms with Crippen molar-refractivity contribution in [1.29, 1.82) is 0 Å². The molecule has 0 aliphatic rings. The van der Waals surface area contributed by atoms with Gasteiger partial charge in [0.2, 0.25) is 5.91 Å². The lowest BCUT2D eigenvalue weighted by molar-refractivity contribution is -0.115. The lowest BCUT2D eigenvalue weighted by Crippen LogP contribution is -2.42. The molecule has 0 heterocycles. The Kier molecular flexibility index (Phi) is 9.23. The Morgan fingerprint density at radius 1 is 1.03 bits per heavy atom. The number of rotatable bonds is 7. The number of alkyl carbamates (subject to hydrolysis) is 1. The van der Waals surface area contributed by atoms with Crippen LogP contribution in [0.15, 0.2) is 17.1 Å².